The third kappa shape index (κ3) is 7.51. The lowest BCUT2D eigenvalue weighted by Crippen LogP contribution is -2.39. The molecule has 0 N–H and O–H groups in total. The number of pyridine rings is 2. The van der Waals surface area contributed by atoms with E-state index >= 15 is 0 Å². The standard InChI is InChI=1S/C38H51N3O4/c1-23(2)43-36(42)35(45-37(6,7)8)33-26(5)40-25(4)32(34(33)41-20-18-38(9,10)19-21-41)28-15-16-30-27(22-28)14-17-31(44-30)29-13-11-12-24(3)39-29/h11-13,15-16,22-23,31,35H,14,17-21H2,1-10H3. The van der Waals surface area contributed by atoms with Crippen LogP contribution in [0.25, 0.3) is 11.1 Å². The summed E-state index contributed by atoms with van der Waals surface area (Å²) in [7, 11) is 0. The van der Waals surface area contributed by atoms with Gasteiger partial charge in [-0.2, -0.15) is 0 Å². The Kier molecular flexibility index (Phi) is 9.33. The van der Waals surface area contributed by atoms with Crippen molar-refractivity contribution in [2.24, 2.45) is 5.41 Å². The summed E-state index contributed by atoms with van der Waals surface area (Å²) in [6, 6.07) is 12.6. The zero-order valence-corrected chi connectivity index (χ0v) is 28.9. The Bertz CT molecular complexity index is 1550. The van der Waals surface area contributed by atoms with E-state index in [4.69, 9.17) is 24.2 Å². The van der Waals surface area contributed by atoms with Crippen molar-refractivity contribution in [3.8, 4) is 16.9 Å². The van der Waals surface area contributed by atoms with E-state index in [0.717, 1.165) is 89.7 Å². The second-order valence-electron chi connectivity index (χ2n) is 14.8. The Morgan fingerprint density at radius 3 is 2.38 bits per heavy atom. The summed E-state index contributed by atoms with van der Waals surface area (Å²) in [4.78, 5) is 26.0. The van der Waals surface area contributed by atoms with Crippen molar-refractivity contribution in [2.75, 3.05) is 18.0 Å². The van der Waals surface area contributed by atoms with Gasteiger partial charge < -0.3 is 19.1 Å². The molecule has 0 aliphatic carbocycles. The lowest BCUT2D eigenvalue weighted by molar-refractivity contribution is -0.171. The Hall–Kier alpha value is -3.45. The van der Waals surface area contributed by atoms with E-state index in [1.807, 2.05) is 66.7 Å². The van der Waals surface area contributed by atoms with Crippen LogP contribution in [0.15, 0.2) is 36.4 Å². The SMILES string of the molecule is Cc1cccc(C2CCc3cc(-c4c(C)nc(C)c(C(OC(C)(C)C)C(=O)OC(C)C)c4N4CCC(C)(C)CC4)ccc3O2)n1. The molecule has 0 bridgehead atoms. The molecule has 2 unspecified atom stereocenters. The Labute approximate surface area is 269 Å². The van der Waals surface area contributed by atoms with E-state index in [1.54, 1.807) is 0 Å². The van der Waals surface area contributed by atoms with Gasteiger partial charge in [-0.25, -0.2) is 4.79 Å². The molecule has 1 fully saturated rings. The highest BCUT2D eigenvalue weighted by Gasteiger charge is 2.38. The van der Waals surface area contributed by atoms with Gasteiger partial charge in [0.25, 0.3) is 0 Å². The zero-order chi connectivity index (χ0) is 32.7. The van der Waals surface area contributed by atoms with Crippen LogP contribution in [0, 0.1) is 26.2 Å². The molecule has 0 saturated carbocycles. The molecule has 2 aliphatic heterocycles. The number of hydrogen-bond donors (Lipinski definition) is 0. The lowest BCUT2D eigenvalue weighted by atomic mass is 9.81. The van der Waals surface area contributed by atoms with Gasteiger partial charge in [0.15, 0.2) is 6.10 Å². The van der Waals surface area contributed by atoms with E-state index in [2.05, 4.69) is 43.9 Å². The minimum Gasteiger partial charge on any atom is -0.484 e. The Morgan fingerprint density at radius 1 is 1.02 bits per heavy atom. The van der Waals surface area contributed by atoms with Gasteiger partial charge in [-0.15, -0.1) is 0 Å². The van der Waals surface area contributed by atoms with Gasteiger partial charge in [0.1, 0.15) is 11.9 Å². The molecular formula is C38H51N3O4. The average Bonchev–Trinajstić information content (AvgIpc) is 2.94. The molecule has 1 saturated heterocycles. The maximum Gasteiger partial charge on any atom is 0.340 e. The van der Waals surface area contributed by atoms with Gasteiger partial charge in [0, 0.05) is 41.3 Å². The number of hydrogen-bond acceptors (Lipinski definition) is 7. The van der Waals surface area contributed by atoms with Crippen LogP contribution in [-0.4, -0.2) is 40.7 Å². The van der Waals surface area contributed by atoms with Gasteiger partial charge in [0.05, 0.1) is 23.1 Å². The van der Waals surface area contributed by atoms with Crippen molar-refractivity contribution in [1.82, 2.24) is 9.97 Å². The molecule has 1 aromatic carbocycles. The summed E-state index contributed by atoms with van der Waals surface area (Å²) in [5, 5.41) is 0. The van der Waals surface area contributed by atoms with Crippen LogP contribution in [-0.2, 0) is 20.7 Å². The van der Waals surface area contributed by atoms with Crippen LogP contribution in [0.5, 0.6) is 5.75 Å². The summed E-state index contributed by atoms with van der Waals surface area (Å²) in [5.74, 6) is 0.514. The number of fused-ring (bicyclic) bond motifs is 1. The molecular weight excluding hydrogens is 562 g/mol. The molecule has 2 aromatic heterocycles. The maximum absolute atomic E-state index is 13.8. The first-order valence-corrected chi connectivity index (χ1v) is 16.5. The van der Waals surface area contributed by atoms with Gasteiger partial charge >= 0.3 is 5.97 Å². The lowest BCUT2D eigenvalue weighted by Gasteiger charge is -2.41. The van der Waals surface area contributed by atoms with Gasteiger partial charge in [-0.05, 0) is 122 Å². The van der Waals surface area contributed by atoms with Crippen molar-refractivity contribution in [3.63, 3.8) is 0 Å². The molecule has 0 radical (unpaired) electrons. The van der Waals surface area contributed by atoms with Crippen molar-refractivity contribution in [3.05, 3.63) is 70.3 Å². The normalized spacial score (nSPS) is 18.7. The third-order valence-corrected chi connectivity index (χ3v) is 8.85. The predicted octanol–water partition coefficient (Wildman–Crippen LogP) is 8.57. The van der Waals surface area contributed by atoms with Crippen molar-refractivity contribution >= 4 is 11.7 Å². The topological polar surface area (TPSA) is 73.8 Å². The van der Waals surface area contributed by atoms with Crippen LogP contribution in [0.4, 0.5) is 5.69 Å². The monoisotopic (exact) mass is 613 g/mol. The quantitative estimate of drug-likeness (QED) is 0.247. The van der Waals surface area contributed by atoms with Crippen LogP contribution in [0.3, 0.4) is 0 Å². The summed E-state index contributed by atoms with van der Waals surface area (Å²) in [5.41, 5.74) is 8.49. The van der Waals surface area contributed by atoms with Crippen molar-refractivity contribution in [1.29, 1.82) is 0 Å². The summed E-state index contributed by atoms with van der Waals surface area (Å²) in [6.45, 7) is 22.2. The first-order chi connectivity index (χ1) is 21.1. The highest BCUT2D eigenvalue weighted by Crippen LogP contribution is 2.46. The van der Waals surface area contributed by atoms with E-state index in [0.29, 0.717) is 0 Å². The molecule has 7 nitrogen and oxygen atoms in total. The second kappa shape index (κ2) is 12.7. The van der Waals surface area contributed by atoms with Crippen LogP contribution in [0.1, 0.15) is 114 Å². The molecule has 2 aliphatic rings. The fraction of sp³-hybridized carbons (Fsp3) is 0.553. The number of aryl methyl sites for hydroxylation is 4. The number of ether oxygens (including phenoxy) is 3. The molecule has 3 aromatic rings. The van der Waals surface area contributed by atoms with E-state index in [9.17, 15) is 4.79 Å². The van der Waals surface area contributed by atoms with Crippen LogP contribution in [0.2, 0.25) is 0 Å². The number of nitrogens with zero attached hydrogens (tertiary/aromatic N) is 3. The smallest absolute Gasteiger partial charge is 0.340 e. The van der Waals surface area contributed by atoms with Crippen LogP contribution < -0.4 is 9.64 Å². The number of rotatable bonds is 7. The van der Waals surface area contributed by atoms with Crippen LogP contribution >= 0.6 is 0 Å². The number of benzene rings is 1. The number of piperidine rings is 1. The minimum atomic E-state index is -0.910. The first kappa shape index (κ1) is 32.9. The fourth-order valence-corrected chi connectivity index (χ4v) is 6.54. The molecule has 45 heavy (non-hydrogen) atoms. The number of esters is 1. The summed E-state index contributed by atoms with van der Waals surface area (Å²) >= 11 is 0. The maximum atomic E-state index is 13.8. The second-order valence-corrected chi connectivity index (χ2v) is 14.8. The van der Waals surface area contributed by atoms with Gasteiger partial charge in [-0.1, -0.05) is 26.0 Å². The zero-order valence-electron chi connectivity index (χ0n) is 28.9. The summed E-state index contributed by atoms with van der Waals surface area (Å²) in [6.07, 6.45) is 2.62. The van der Waals surface area contributed by atoms with Crippen molar-refractivity contribution < 1.29 is 19.0 Å². The number of carbonyl (C=O) groups is 1. The average molecular weight is 614 g/mol. The fourth-order valence-electron chi connectivity index (χ4n) is 6.54. The molecule has 7 heteroatoms. The van der Waals surface area contributed by atoms with Crippen molar-refractivity contribution in [2.45, 2.75) is 119 Å². The van der Waals surface area contributed by atoms with Gasteiger partial charge in [-0.3, -0.25) is 9.97 Å². The molecule has 0 spiro atoms. The largest absolute Gasteiger partial charge is 0.484 e. The molecule has 242 valence electrons. The number of anilines is 1. The van der Waals surface area contributed by atoms with E-state index < -0.39 is 11.7 Å². The van der Waals surface area contributed by atoms with E-state index in [1.165, 1.54) is 5.56 Å². The molecule has 2 atom stereocenters. The Morgan fingerprint density at radius 2 is 1.73 bits per heavy atom. The highest BCUT2D eigenvalue weighted by molar-refractivity contribution is 5.89. The number of carbonyl (C=O) groups excluding carboxylic acids is 1. The molecule has 5 rings (SSSR count). The van der Waals surface area contributed by atoms with E-state index in [-0.39, 0.29) is 23.6 Å². The Balaban J connectivity index is 1.64. The predicted molar refractivity (Wildman–Crippen MR) is 180 cm³/mol. The van der Waals surface area contributed by atoms with Gasteiger partial charge in [0.2, 0.25) is 0 Å². The molecule has 4 heterocycles. The molecule has 0 amide bonds. The minimum absolute atomic E-state index is 0.0628. The summed E-state index contributed by atoms with van der Waals surface area (Å²) < 4.78 is 18.9. The first-order valence-electron chi connectivity index (χ1n) is 16.5. The number of aromatic nitrogens is 2. The third-order valence-electron chi connectivity index (χ3n) is 8.85. The highest BCUT2D eigenvalue weighted by atomic mass is 16.6.